The van der Waals surface area contributed by atoms with E-state index in [4.69, 9.17) is 19.6 Å². The summed E-state index contributed by atoms with van der Waals surface area (Å²) in [5.41, 5.74) is 3.75. The molecule has 2 aromatic carbocycles. The van der Waals surface area contributed by atoms with Crippen molar-refractivity contribution in [3.05, 3.63) is 83.7 Å². The summed E-state index contributed by atoms with van der Waals surface area (Å²) in [7, 11) is 3.03. The maximum absolute atomic E-state index is 16.1. The molecule has 7 rings (SSSR count). The molecule has 5 heterocycles. The molecule has 252 valence electrons. The van der Waals surface area contributed by atoms with E-state index in [1.807, 2.05) is 24.4 Å². The van der Waals surface area contributed by atoms with E-state index in [9.17, 15) is 18.0 Å². The summed E-state index contributed by atoms with van der Waals surface area (Å²) < 4.78 is 72.9. The van der Waals surface area contributed by atoms with Crippen molar-refractivity contribution in [1.29, 1.82) is 0 Å². The molecule has 0 spiro atoms. The first-order valence-corrected chi connectivity index (χ1v) is 16.3. The largest absolute Gasteiger partial charge is 0.490 e. The van der Waals surface area contributed by atoms with Gasteiger partial charge >= 0.3 is 0 Å². The molecule has 4 aromatic heterocycles. The summed E-state index contributed by atoms with van der Waals surface area (Å²) in [6, 6.07) is 10.4. The Morgan fingerprint density at radius 2 is 1.90 bits per heavy atom. The first-order chi connectivity index (χ1) is 23.6. The number of ether oxygens (including phenoxy) is 2. The molecule has 6 aromatic rings. The van der Waals surface area contributed by atoms with Crippen molar-refractivity contribution in [2.24, 2.45) is 7.05 Å². The number of fused-ring (bicyclic) bond motifs is 3. The average Bonchev–Trinajstić information content (AvgIpc) is 3.82. The Labute approximate surface area is 282 Å². The molecule has 0 aliphatic carbocycles. The Hall–Kier alpha value is -5.08. The lowest BCUT2D eigenvalue weighted by atomic mass is 9.96. The normalized spacial score (nSPS) is 14.6. The summed E-state index contributed by atoms with van der Waals surface area (Å²) >= 11 is 1.34. The zero-order valence-electron chi connectivity index (χ0n) is 26.7. The monoisotopic (exact) mass is 690 g/mol. The second kappa shape index (κ2) is 12.7. The number of pyridine rings is 1. The van der Waals surface area contributed by atoms with Gasteiger partial charge in [0.25, 0.3) is 6.43 Å². The maximum Gasteiger partial charge on any atom is 0.295 e. The van der Waals surface area contributed by atoms with Gasteiger partial charge in [-0.3, -0.25) is 9.48 Å². The first-order valence-electron chi connectivity index (χ1n) is 15.4. The zero-order valence-corrected chi connectivity index (χ0v) is 27.5. The number of hydrogen-bond donors (Lipinski definition) is 0. The van der Waals surface area contributed by atoms with Gasteiger partial charge in [0.1, 0.15) is 35.4 Å². The topological polar surface area (TPSA) is 87.3 Å². The fraction of sp³-hybridized carbons (Fsp3) is 0.257. The Kier molecular flexibility index (Phi) is 8.45. The van der Waals surface area contributed by atoms with Crippen LogP contribution in [-0.2, 0) is 23.1 Å². The molecule has 0 saturated heterocycles. The SMILES string of the molecule is C=CC(=O)N1CCn2nc(-c3nc(-c4ccc5c(c4)nc(C(F)F)n5C)c4ccsc4c3-c3c(F)cc(F)cc3OCCOC)cc2[C@H]1C. The molecule has 9 nitrogen and oxygen atoms in total. The lowest BCUT2D eigenvalue weighted by molar-refractivity contribution is -0.129. The molecular weight excluding hydrogens is 660 g/mol. The average molecular weight is 691 g/mol. The van der Waals surface area contributed by atoms with E-state index in [1.54, 1.807) is 27.8 Å². The zero-order chi connectivity index (χ0) is 34.6. The van der Waals surface area contributed by atoms with Gasteiger partial charge in [-0.15, -0.1) is 11.3 Å². The molecule has 1 amide bonds. The highest BCUT2D eigenvalue weighted by molar-refractivity contribution is 7.18. The van der Waals surface area contributed by atoms with E-state index in [0.717, 1.165) is 17.8 Å². The number of imidazole rings is 1. The van der Waals surface area contributed by atoms with Gasteiger partial charge in [0.15, 0.2) is 5.82 Å². The molecule has 0 N–H and O–H groups in total. The van der Waals surface area contributed by atoms with E-state index in [2.05, 4.69) is 11.6 Å². The maximum atomic E-state index is 16.1. The fourth-order valence-corrected chi connectivity index (χ4v) is 7.35. The van der Waals surface area contributed by atoms with Crippen molar-refractivity contribution in [3.8, 4) is 39.5 Å². The third-order valence-electron chi connectivity index (χ3n) is 8.77. The highest BCUT2D eigenvalue weighted by atomic mass is 32.1. The number of amides is 1. The Morgan fingerprint density at radius 3 is 2.65 bits per heavy atom. The molecule has 1 atom stereocenters. The highest BCUT2D eigenvalue weighted by Gasteiger charge is 2.31. The van der Waals surface area contributed by atoms with Crippen LogP contribution in [0.25, 0.3) is 54.9 Å². The van der Waals surface area contributed by atoms with Gasteiger partial charge in [-0.25, -0.2) is 27.5 Å². The van der Waals surface area contributed by atoms with E-state index in [0.29, 0.717) is 56.7 Å². The lowest BCUT2D eigenvalue weighted by Crippen LogP contribution is -2.40. The number of hydrogen-bond acceptors (Lipinski definition) is 7. The fourth-order valence-electron chi connectivity index (χ4n) is 6.40. The van der Waals surface area contributed by atoms with Crippen molar-refractivity contribution in [3.63, 3.8) is 0 Å². The molecule has 0 unspecified atom stereocenters. The predicted molar refractivity (Wildman–Crippen MR) is 179 cm³/mol. The van der Waals surface area contributed by atoms with E-state index in [-0.39, 0.29) is 48.0 Å². The number of methoxy groups -OCH3 is 1. The van der Waals surface area contributed by atoms with Crippen LogP contribution in [0.15, 0.2) is 60.5 Å². The van der Waals surface area contributed by atoms with Crippen LogP contribution >= 0.6 is 11.3 Å². The molecule has 1 aliphatic rings. The van der Waals surface area contributed by atoms with Crippen LogP contribution in [0.1, 0.15) is 30.9 Å². The number of thiophene rings is 1. The van der Waals surface area contributed by atoms with Crippen LogP contribution in [0.5, 0.6) is 5.75 Å². The standard InChI is InChI=1S/C35H30F4N6O3S/c1-5-28(46)44-9-10-45-26(18(44)2)17-24(42-45)32-30(29-22(37)15-20(36)16-27(29)48-12-11-47-4)33-21(8-13-49-33)31(41-32)19-6-7-25-23(14-19)40-35(34(38)39)43(25)3/h5-8,13-18,34H,1,9-12H2,2-4H3/t18-/m1/s1. The molecule has 14 heteroatoms. The Balaban J connectivity index is 1.50. The molecule has 1 aliphatic heterocycles. The first kappa shape index (κ1) is 32.5. The van der Waals surface area contributed by atoms with Gasteiger partial charge < -0.3 is 18.9 Å². The minimum atomic E-state index is -2.76. The number of carbonyl (C=O) groups excluding carboxylic acids is 1. The summed E-state index contributed by atoms with van der Waals surface area (Å²) in [5, 5.41) is 7.37. The summed E-state index contributed by atoms with van der Waals surface area (Å²) in [6.07, 6.45) is -1.49. The molecule has 0 bridgehead atoms. The van der Waals surface area contributed by atoms with Crippen LogP contribution in [0.3, 0.4) is 0 Å². The van der Waals surface area contributed by atoms with Crippen molar-refractivity contribution < 1.29 is 31.8 Å². The van der Waals surface area contributed by atoms with Crippen molar-refractivity contribution in [1.82, 2.24) is 29.2 Å². The third kappa shape index (κ3) is 5.54. The smallest absolute Gasteiger partial charge is 0.295 e. The number of carbonyl (C=O) groups is 1. The summed E-state index contributed by atoms with van der Waals surface area (Å²) in [5.74, 6) is -2.27. The predicted octanol–water partition coefficient (Wildman–Crippen LogP) is 7.71. The van der Waals surface area contributed by atoms with E-state index in [1.165, 1.54) is 36.1 Å². The molecule has 49 heavy (non-hydrogen) atoms. The number of aromatic nitrogens is 5. The molecule has 0 fully saturated rings. The van der Waals surface area contributed by atoms with E-state index < -0.39 is 18.1 Å². The van der Waals surface area contributed by atoms with Crippen LogP contribution in [0, 0.1) is 11.6 Å². The van der Waals surface area contributed by atoms with Crippen molar-refractivity contribution in [2.45, 2.75) is 25.9 Å². The van der Waals surface area contributed by atoms with Crippen LogP contribution < -0.4 is 4.74 Å². The Morgan fingerprint density at radius 1 is 1.08 bits per heavy atom. The van der Waals surface area contributed by atoms with Crippen molar-refractivity contribution in [2.75, 3.05) is 26.9 Å². The van der Waals surface area contributed by atoms with Gasteiger partial charge in [0.05, 0.1) is 47.2 Å². The quantitative estimate of drug-likeness (QED) is 0.0878. The second-order valence-electron chi connectivity index (χ2n) is 11.6. The minimum absolute atomic E-state index is 0.00300. The highest BCUT2D eigenvalue weighted by Crippen LogP contribution is 2.47. The van der Waals surface area contributed by atoms with Gasteiger partial charge in [0, 0.05) is 54.0 Å². The summed E-state index contributed by atoms with van der Waals surface area (Å²) in [6.45, 7) is 6.54. The Bertz CT molecular complexity index is 2260. The van der Waals surface area contributed by atoms with Crippen LogP contribution in [0.2, 0.25) is 0 Å². The molecule has 0 saturated carbocycles. The summed E-state index contributed by atoms with van der Waals surface area (Å²) in [4.78, 5) is 23.6. The minimum Gasteiger partial charge on any atom is -0.490 e. The van der Waals surface area contributed by atoms with Gasteiger partial charge in [-0.1, -0.05) is 12.6 Å². The lowest BCUT2D eigenvalue weighted by Gasteiger charge is -2.33. The number of benzene rings is 2. The van der Waals surface area contributed by atoms with Crippen molar-refractivity contribution >= 4 is 38.4 Å². The van der Waals surface area contributed by atoms with E-state index >= 15 is 4.39 Å². The van der Waals surface area contributed by atoms with Gasteiger partial charge in [0.2, 0.25) is 5.91 Å². The number of alkyl halides is 2. The molecular formula is C35H30F4N6O3S. The third-order valence-corrected chi connectivity index (χ3v) is 9.70. The number of rotatable bonds is 9. The molecule has 0 radical (unpaired) electrons. The van der Waals surface area contributed by atoms with Crippen LogP contribution in [-0.4, -0.2) is 62.0 Å². The van der Waals surface area contributed by atoms with Crippen LogP contribution in [0.4, 0.5) is 17.6 Å². The number of aryl methyl sites for hydroxylation is 1. The number of halogens is 4. The number of nitrogens with zero attached hydrogens (tertiary/aromatic N) is 6. The van der Waals surface area contributed by atoms with Gasteiger partial charge in [-0.2, -0.15) is 5.10 Å². The van der Waals surface area contributed by atoms with Gasteiger partial charge in [-0.05, 0) is 42.6 Å². The second-order valence-corrected chi connectivity index (χ2v) is 12.5.